The number of hydrogen-bond donors (Lipinski definition) is 7. The maximum Gasteiger partial charge on any atom is 0.308 e. The lowest BCUT2D eigenvalue weighted by molar-refractivity contribution is -0.156. The van der Waals surface area contributed by atoms with Crippen LogP contribution in [-0.2, 0) is 59.2 Å². The number of guanidine groups is 1. The van der Waals surface area contributed by atoms with Gasteiger partial charge in [-0.3, -0.25) is 43.5 Å². The second kappa shape index (κ2) is 22.9. The maximum atomic E-state index is 14.7. The zero-order chi connectivity index (χ0) is 57.4. The third-order valence-corrected chi connectivity index (χ3v) is 20.8. The maximum absolute atomic E-state index is 14.7. The van der Waals surface area contributed by atoms with E-state index >= 15 is 0 Å². The van der Waals surface area contributed by atoms with E-state index in [1.54, 1.807) is 39.5 Å². The van der Waals surface area contributed by atoms with Gasteiger partial charge in [0.2, 0.25) is 41.4 Å². The molecule has 1 aromatic carbocycles. The first-order valence-corrected chi connectivity index (χ1v) is 30.7. The first kappa shape index (κ1) is 61.5. The molecule has 426 valence electrons. The van der Waals surface area contributed by atoms with Gasteiger partial charge >= 0.3 is 5.97 Å². The Morgan fingerprint density at radius 3 is 2.16 bits per heavy atom. The zero-order valence-corrected chi connectivity index (χ0v) is 49.7. The van der Waals surface area contributed by atoms with E-state index in [1.165, 1.54) is 11.8 Å². The van der Waals surface area contributed by atoms with Crippen LogP contribution in [0.4, 0.5) is 0 Å². The van der Waals surface area contributed by atoms with Crippen molar-refractivity contribution in [2.24, 2.45) is 10.7 Å². The fourth-order valence-electron chi connectivity index (χ4n) is 9.81. The number of nitrogens with two attached hydrogens (primary N) is 1. The van der Waals surface area contributed by atoms with Crippen LogP contribution in [0, 0.1) is 20.8 Å². The number of esters is 1. The third kappa shape index (κ3) is 15.0. The number of hydrogen-bond acceptors (Lipinski definition) is 14. The second-order valence-corrected chi connectivity index (χ2v) is 31.4. The van der Waals surface area contributed by atoms with Crippen molar-refractivity contribution in [2.45, 2.75) is 224 Å². The zero-order valence-electron chi connectivity index (χ0n) is 47.8. The minimum atomic E-state index is -4.23. The summed E-state index contributed by atoms with van der Waals surface area (Å²) in [5.74, 6) is -4.63. The molecule has 0 radical (unpaired) electrons. The third-order valence-electron chi connectivity index (χ3n) is 14.7. The van der Waals surface area contributed by atoms with Gasteiger partial charge in [0.05, 0.1) is 42.6 Å². The molecule has 7 atom stereocenters. The van der Waals surface area contributed by atoms with Crippen LogP contribution in [0.3, 0.4) is 0 Å². The van der Waals surface area contributed by atoms with Crippen molar-refractivity contribution >= 4 is 65.7 Å². The molecule has 4 heterocycles. The molecule has 0 bridgehead atoms. The molecule has 6 amide bonds. The number of carbonyl (C=O) groups is 7. The van der Waals surface area contributed by atoms with E-state index in [4.69, 9.17) is 19.6 Å². The van der Waals surface area contributed by atoms with E-state index in [9.17, 15) is 42.0 Å². The first-order valence-electron chi connectivity index (χ1n) is 26.3. The molecule has 3 fully saturated rings. The van der Waals surface area contributed by atoms with Crippen molar-refractivity contribution in [1.82, 2.24) is 41.1 Å². The quantitative estimate of drug-likeness (QED) is 0.0395. The lowest BCUT2D eigenvalue weighted by Gasteiger charge is -2.36. The summed E-state index contributed by atoms with van der Waals surface area (Å²) < 4.78 is 48.5. The van der Waals surface area contributed by atoms with E-state index in [0.717, 1.165) is 5.56 Å². The highest BCUT2D eigenvalue weighted by Gasteiger charge is 2.61. The van der Waals surface area contributed by atoms with Crippen molar-refractivity contribution in [3.8, 4) is 5.75 Å². The molecule has 22 nitrogen and oxygen atoms in total. The highest BCUT2D eigenvalue weighted by Crippen LogP contribution is 2.44. The number of nitrogens with zero attached hydrogens (tertiary/aromatic N) is 3. The summed E-state index contributed by atoms with van der Waals surface area (Å²) in [6.07, 6.45) is 0.704. The highest BCUT2D eigenvalue weighted by molar-refractivity contribution is 7.90. The van der Waals surface area contributed by atoms with Crippen molar-refractivity contribution < 1.29 is 55.9 Å². The minimum absolute atomic E-state index is 0.0620. The molecule has 3 saturated heterocycles. The second-order valence-electron chi connectivity index (χ2n) is 24.9. The Balaban J connectivity index is 1.48. The van der Waals surface area contributed by atoms with Crippen LogP contribution in [0.2, 0.25) is 18.1 Å². The van der Waals surface area contributed by atoms with Gasteiger partial charge in [-0.2, -0.15) is 0 Å². The Labute approximate surface area is 450 Å². The Kier molecular flexibility index (Phi) is 18.6. The van der Waals surface area contributed by atoms with Gasteiger partial charge in [-0.1, -0.05) is 20.8 Å². The molecule has 0 aromatic heterocycles. The number of ether oxygens (including phenoxy) is 2. The van der Waals surface area contributed by atoms with E-state index in [2.05, 4.69) is 70.2 Å². The van der Waals surface area contributed by atoms with Crippen LogP contribution < -0.4 is 41.8 Å². The standard InChI is InChI=1S/C52H86N10O12SSi/c1-28-29(2)42(30(3)32-25-52(14,15)74-41(28)32)75(70,71)60-48(53)54-22-18-20-33-43(65)55-26-37(63)57-34(24-38(64)73-50(8,9)10)44(66)56-31(4)47(69)62-36(27-72-76(16,17)51(11,12)13)39(62)40(46(68)59-49(5,6)7)61-23-19-21-35(61)45(67)58-33/h31,33-36,39-40H,18-27H2,1-17H3,(H,55,65)(H,56,66)(H,57,63)(H,58,67)(H,59,68)(H3,53,54,60)/t31-,33-,34-,35-,36+,39-,40+,62?/m0/s1. The topological polar surface area (TPSA) is 298 Å². The van der Waals surface area contributed by atoms with Gasteiger partial charge in [0, 0.05) is 24.1 Å². The largest absolute Gasteiger partial charge is 0.487 e. The first-order chi connectivity index (χ1) is 34.8. The summed E-state index contributed by atoms with van der Waals surface area (Å²) in [6, 6.07) is -7.60. The number of carbonyl (C=O) groups excluding carboxylic acids is 7. The molecule has 0 spiro atoms. The summed E-state index contributed by atoms with van der Waals surface area (Å²) in [7, 11) is -6.67. The molecular weight excluding hydrogens is 1020 g/mol. The molecule has 76 heavy (non-hydrogen) atoms. The summed E-state index contributed by atoms with van der Waals surface area (Å²) in [4.78, 5) is 107. The number of benzene rings is 1. The summed E-state index contributed by atoms with van der Waals surface area (Å²) in [6.45, 7) is 30.9. The van der Waals surface area contributed by atoms with Crippen molar-refractivity contribution in [2.75, 3.05) is 26.2 Å². The van der Waals surface area contributed by atoms with E-state index in [0.29, 0.717) is 41.7 Å². The van der Waals surface area contributed by atoms with Crippen LogP contribution in [0.25, 0.3) is 0 Å². The number of nitrogens with one attached hydrogen (secondary N) is 6. The highest BCUT2D eigenvalue weighted by atomic mass is 32.2. The van der Waals surface area contributed by atoms with Crippen LogP contribution in [-0.4, -0.2) is 159 Å². The predicted octanol–water partition coefficient (Wildman–Crippen LogP) is 2.38. The number of fused-ring (bicyclic) bond motifs is 3. The molecule has 8 N–H and O–H groups in total. The average molecular weight is 1100 g/mol. The van der Waals surface area contributed by atoms with Gasteiger partial charge in [0.25, 0.3) is 10.0 Å². The van der Waals surface area contributed by atoms with Crippen molar-refractivity contribution in [3.63, 3.8) is 0 Å². The van der Waals surface area contributed by atoms with E-state index in [-0.39, 0.29) is 42.5 Å². The van der Waals surface area contributed by atoms with Crippen LogP contribution in [0.15, 0.2) is 9.89 Å². The number of amides is 6. The predicted molar refractivity (Wildman–Crippen MR) is 289 cm³/mol. The normalized spacial score (nSPS) is 25.3. The van der Waals surface area contributed by atoms with Crippen molar-refractivity contribution in [3.05, 3.63) is 22.3 Å². The van der Waals surface area contributed by atoms with Crippen LogP contribution >= 0.6 is 0 Å². The molecule has 0 saturated carbocycles. The molecule has 24 heteroatoms. The van der Waals surface area contributed by atoms with Gasteiger partial charge < -0.3 is 51.1 Å². The smallest absolute Gasteiger partial charge is 0.308 e. The molecular formula is C52H86N10O12SSi. The lowest BCUT2D eigenvalue weighted by Crippen LogP contribution is -2.61. The van der Waals surface area contributed by atoms with Gasteiger partial charge in [-0.25, -0.2) is 13.1 Å². The molecule has 0 unspecified atom stereocenters. The molecule has 0 aliphatic carbocycles. The van der Waals surface area contributed by atoms with E-state index in [1.807, 2.05) is 41.5 Å². The van der Waals surface area contributed by atoms with Gasteiger partial charge in [0.1, 0.15) is 41.1 Å². The van der Waals surface area contributed by atoms with Gasteiger partial charge in [0.15, 0.2) is 8.32 Å². The fourth-order valence-corrected chi connectivity index (χ4v) is 12.4. The number of rotatable bonds is 12. The Bertz CT molecular complexity index is 2590. The van der Waals surface area contributed by atoms with E-state index < -0.39 is 138 Å². The Morgan fingerprint density at radius 1 is 0.908 bits per heavy atom. The number of sulfonamides is 1. The fraction of sp³-hybridized carbons (Fsp3) is 0.731. The van der Waals surface area contributed by atoms with Gasteiger partial charge in [-0.05, 0) is 150 Å². The van der Waals surface area contributed by atoms with Crippen LogP contribution in [0.1, 0.15) is 137 Å². The Morgan fingerprint density at radius 2 is 1.55 bits per heavy atom. The Hall–Kier alpha value is -5.33. The number of aliphatic imine (C=N–C) groups is 1. The summed E-state index contributed by atoms with van der Waals surface area (Å²) >= 11 is 0. The summed E-state index contributed by atoms with van der Waals surface area (Å²) in [5.41, 5.74) is 6.56. The minimum Gasteiger partial charge on any atom is -0.487 e. The SMILES string of the molecule is Cc1c(C)c(S(=O)(=O)NC(N)=NCCC[C@@H]2NC(=O)[C@@H]3CCCN3[C@@H](C(=O)NC(C)(C)C)[C@@H]3[C@@H](CO[Si](C)(C)C(C)(C)C)N3C(=O)[C@H](C)NC(=O)[C@H](CC(=O)OC(C)(C)C)NC(=O)CNC2=O)c(C)c2c1OC(C)(C)C2. The monoisotopic (exact) mass is 1100 g/mol. The van der Waals surface area contributed by atoms with Crippen LogP contribution in [0.5, 0.6) is 5.75 Å². The lowest BCUT2D eigenvalue weighted by atomic mass is 9.94. The van der Waals surface area contributed by atoms with Gasteiger partial charge in [-0.15, -0.1) is 0 Å². The molecule has 4 aliphatic heterocycles. The summed E-state index contributed by atoms with van der Waals surface area (Å²) in [5, 5.41) is 13.4. The average Bonchev–Trinajstić information content (AvgIpc) is 3.54. The van der Waals surface area contributed by atoms with Crippen molar-refractivity contribution in [1.29, 1.82) is 0 Å². The molecule has 5 rings (SSSR count). The molecule has 4 aliphatic rings. The molecule has 1 aromatic rings.